The van der Waals surface area contributed by atoms with E-state index in [2.05, 4.69) is 20.0 Å². The molecule has 9 heteroatoms. The lowest BCUT2D eigenvalue weighted by Crippen LogP contribution is -2.03. The molecule has 0 bridgehead atoms. The van der Waals surface area contributed by atoms with Gasteiger partial charge in [-0.2, -0.15) is 0 Å². The molecule has 0 radical (unpaired) electrons. The number of nitrogens with one attached hydrogen (secondary N) is 2. The van der Waals surface area contributed by atoms with Gasteiger partial charge in [-0.05, 0) is 60.8 Å². The third kappa shape index (κ3) is 5.64. The summed E-state index contributed by atoms with van der Waals surface area (Å²) in [6, 6.07) is 19.8. The van der Waals surface area contributed by atoms with E-state index in [4.69, 9.17) is 5.73 Å². The molecule has 1 aromatic heterocycles. The Morgan fingerprint density at radius 2 is 1.62 bits per heavy atom. The van der Waals surface area contributed by atoms with E-state index in [-0.39, 0.29) is 5.69 Å². The number of rotatable bonds is 6. The van der Waals surface area contributed by atoms with Crippen molar-refractivity contribution in [3.8, 4) is 0 Å². The number of anilines is 4. The standard InChI is InChI=1S/C21H18N6O2S.C2H6/c1-13-9-15(12-16(10-13)27(28)29)23-20-21(25-19-8-3-2-7-18(19)24-20)26-30-17-6-4-5-14(22)11-17;1-2/h2-12H,22H2,1H3,(H,23,24)(H,25,26);1-2H3. The molecular weight excluding hydrogens is 424 g/mol. The Hall–Kier alpha value is -3.85. The fourth-order valence-corrected chi connectivity index (χ4v) is 3.62. The molecule has 4 rings (SSSR count). The average Bonchev–Trinajstić information content (AvgIpc) is 2.78. The third-order valence-corrected chi connectivity index (χ3v) is 5.01. The monoisotopic (exact) mass is 448 g/mol. The highest BCUT2D eigenvalue weighted by molar-refractivity contribution is 8.00. The van der Waals surface area contributed by atoms with Gasteiger partial charge >= 0.3 is 0 Å². The highest BCUT2D eigenvalue weighted by atomic mass is 32.2. The van der Waals surface area contributed by atoms with Gasteiger partial charge in [0.2, 0.25) is 0 Å². The van der Waals surface area contributed by atoms with E-state index in [1.807, 2.05) is 68.4 Å². The van der Waals surface area contributed by atoms with E-state index < -0.39 is 4.92 Å². The maximum Gasteiger partial charge on any atom is 0.271 e. The van der Waals surface area contributed by atoms with E-state index >= 15 is 0 Å². The van der Waals surface area contributed by atoms with E-state index in [1.54, 1.807) is 6.92 Å². The number of fused-ring (bicyclic) bond motifs is 1. The lowest BCUT2D eigenvalue weighted by molar-refractivity contribution is -0.384. The Morgan fingerprint density at radius 3 is 2.28 bits per heavy atom. The Morgan fingerprint density at radius 1 is 0.938 bits per heavy atom. The van der Waals surface area contributed by atoms with Gasteiger partial charge in [0, 0.05) is 28.4 Å². The molecule has 0 unspecified atom stereocenters. The highest BCUT2D eigenvalue weighted by Crippen LogP contribution is 2.31. The van der Waals surface area contributed by atoms with Gasteiger partial charge in [0.05, 0.1) is 16.0 Å². The van der Waals surface area contributed by atoms with Crippen molar-refractivity contribution in [3.63, 3.8) is 0 Å². The molecule has 0 amide bonds. The molecule has 32 heavy (non-hydrogen) atoms. The van der Waals surface area contributed by atoms with Crippen molar-refractivity contribution < 1.29 is 4.92 Å². The van der Waals surface area contributed by atoms with Gasteiger partial charge in [-0.15, -0.1) is 0 Å². The summed E-state index contributed by atoms with van der Waals surface area (Å²) in [6.45, 7) is 5.80. The molecule has 8 nitrogen and oxygen atoms in total. The Kier molecular flexibility index (Phi) is 7.45. The Bertz CT molecular complexity index is 1250. The molecule has 1 heterocycles. The number of nitrogens with two attached hydrogens (primary N) is 1. The first-order chi connectivity index (χ1) is 15.5. The van der Waals surface area contributed by atoms with E-state index in [0.29, 0.717) is 28.5 Å². The van der Waals surface area contributed by atoms with Crippen molar-refractivity contribution in [1.29, 1.82) is 0 Å². The first-order valence-corrected chi connectivity index (χ1v) is 10.9. The molecule has 0 aliphatic rings. The molecule has 0 saturated carbocycles. The van der Waals surface area contributed by atoms with Crippen LogP contribution in [0.25, 0.3) is 11.0 Å². The predicted octanol–water partition coefficient (Wildman–Crippen LogP) is 6.32. The quantitative estimate of drug-likeness (QED) is 0.136. The van der Waals surface area contributed by atoms with Crippen molar-refractivity contribution >= 4 is 51.7 Å². The van der Waals surface area contributed by atoms with Crippen LogP contribution in [0.15, 0.2) is 71.6 Å². The summed E-state index contributed by atoms with van der Waals surface area (Å²) >= 11 is 1.35. The molecule has 0 fully saturated rings. The van der Waals surface area contributed by atoms with Gasteiger partial charge in [0.1, 0.15) is 0 Å². The smallest absolute Gasteiger partial charge is 0.271 e. The summed E-state index contributed by atoms with van der Waals surface area (Å²) in [6.07, 6.45) is 0. The van der Waals surface area contributed by atoms with Crippen LogP contribution in [0.5, 0.6) is 0 Å². The molecule has 0 atom stereocenters. The molecule has 164 valence electrons. The molecule has 4 N–H and O–H groups in total. The van der Waals surface area contributed by atoms with Gasteiger partial charge in [0.15, 0.2) is 11.6 Å². The van der Waals surface area contributed by atoms with Crippen LogP contribution in [-0.4, -0.2) is 14.9 Å². The summed E-state index contributed by atoms with van der Waals surface area (Å²) in [7, 11) is 0. The Labute approximate surface area is 190 Å². The second-order valence-corrected chi connectivity index (χ2v) is 7.51. The van der Waals surface area contributed by atoms with Crippen LogP contribution < -0.4 is 15.8 Å². The van der Waals surface area contributed by atoms with Crippen LogP contribution in [-0.2, 0) is 0 Å². The summed E-state index contributed by atoms with van der Waals surface area (Å²) in [5.74, 6) is 0.968. The van der Waals surface area contributed by atoms with E-state index in [1.165, 1.54) is 24.1 Å². The van der Waals surface area contributed by atoms with Crippen molar-refractivity contribution in [1.82, 2.24) is 9.97 Å². The molecule has 4 aromatic rings. The van der Waals surface area contributed by atoms with Gasteiger partial charge in [-0.25, -0.2) is 9.97 Å². The number of nitrogens with zero attached hydrogens (tertiary/aromatic N) is 3. The average molecular weight is 449 g/mol. The summed E-state index contributed by atoms with van der Waals surface area (Å²) in [4.78, 5) is 21.0. The van der Waals surface area contributed by atoms with Crippen LogP contribution in [0, 0.1) is 17.0 Å². The van der Waals surface area contributed by atoms with Crippen molar-refractivity contribution in [2.24, 2.45) is 0 Å². The predicted molar refractivity (Wildman–Crippen MR) is 132 cm³/mol. The second kappa shape index (κ2) is 10.5. The highest BCUT2D eigenvalue weighted by Gasteiger charge is 2.13. The zero-order valence-corrected chi connectivity index (χ0v) is 18.8. The number of hydrogen-bond acceptors (Lipinski definition) is 8. The van der Waals surface area contributed by atoms with Crippen LogP contribution in [0.4, 0.5) is 28.7 Å². The molecule has 3 aromatic carbocycles. The van der Waals surface area contributed by atoms with Crippen LogP contribution in [0.2, 0.25) is 0 Å². The van der Waals surface area contributed by atoms with Crippen LogP contribution >= 0.6 is 11.9 Å². The van der Waals surface area contributed by atoms with Crippen molar-refractivity contribution in [2.75, 3.05) is 15.8 Å². The molecule has 0 spiro atoms. The fourth-order valence-electron chi connectivity index (χ4n) is 2.92. The minimum absolute atomic E-state index is 0.00916. The summed E-state index contributed by atoms with van der Waals surface area (Å²) in [5, 5.41) is 14.4. The van der Waals surface area contributed by atoms with E-state index in [0.717, 1.165) is 16.0 Å². The second-order valence-electron chi connectivity index (χ2n) is 6.63. The number of para-hydroxylation sites is 2. The minimum atomic E-state index is -0.418. The number of aromatic nitrogens is 2. The lowest BCUT2D eigenvalue weighted by Gasteiger charge is -2.13. The summed E-state index contributed by atoms with van der Waals surface area (Å²) in [5.41, 5.74) is 9.29. The van der Waals surface area contributed by atoms with Gasteiger partial charge in [0.25, 0.3) is 5.69 Å². The van der Waals surface area contributed by atoms with Gasteiger partial charge < -0.3 is 15.8 Å². The summed E-state index contributed by atoms with van der Waals surface area (Å²) < 4.78 is 3.21. The van der Waals surface area contributed by atoms with Gasteiger partial charge in [-0.1, -0.05) is 32.0 Å². The number of non-ortho nitro benzene ring substituents is 1. The number of hydrogen-bond donors (Lipinski definition) is 3. The van der Waals surface area contributed by atoms with Crippen LogP contribution in [0.1, 0.15) is 19.4 Å². The number of nitro benzene ring substituents is 1. The van der Waals surface area contributed by atoms with E-state index in [9.17, 15) is 10.1 Å². The lowest BCUT2D eigenvalue weighted by atomic mass is 10.2. The zero-order chi connectivity index (χ0) is 23.1. The van der Waals surface area contributed by atoms with Crippen molar-refractivity contribution in [3.05, 3.63) is 82.4 Å². The number of nitrogen functional groups attached to an aromatic ring is 1. The zero-order valence-electron chi connectivity index (χ0n) is 18.0. The number of benzene rings is 3. The molecule has 0 saturated heterocycles. The van der Waals surface area contributed by atoms with Crippen LogP contribution in [0.3, 0.4) is 0 Å². The first-order valence-electron chi connectivity index (χ1n) is 10.1. The molecule has 0 aliphatic heterocycles. The molecule has 0 aliphatic carbocycles. The largest absolute Gasteiger partial charge is 0.399 e. The molecular formula is C23H24N6O2S. The minimum Gasteiger partial charge on any atom is -0.399 e. The fraction of sp³-hybridized carbons (Fsp3) is 0.130. The van der Waals surface area contributed by atoms with Crippen molar-refractivity contribution in [2.45, 2.75) is 25.7 Å². The SMILES string of the molecule is CC.Cc1cc(Nc2nc3ccccc3nc2NSc2cccc(N)c2)cc([N+](=O)[O-])c1. The maximum absolute atomic E-state index is 11.2. The third-order valence-electron chi connectivity index (χ3n) is 4.23. The number of nitro groups is 1. The first kappa shape index (κ1) is 22.8. The number of aryl methyl sites for hydroxylation is 1. The maximum atomic E-state index is 11.2. The normalized spacial score (nSPS) is 10.2. The Balaban J connectivity index is 0.00000141. The van der Waals surface area contributed by atoms with Gasteiger partial charge in [-0.3, -0.25) is 10.1 Å². The topological polar surface area (TPSA) is 119 Å².